The summed E-state index contributed by atoms with van der Waals surface area (Å²) in [7, 11) is 1.34. The van der Waals surface area contributed by atoms with Gasteiger partial charge < -0.3 is 29.0 Å². The number of nitrogens with zero attached hydrogens (tertiary/aromatic N) is 2. The molecule has 1 aliphatic carbocycles. The van der Waals surface area contributed by atoms with Gasteiger partial charge in [-0.25, -0.2) is 4.79 Å². The van der Waals surface area contributed by atoms with Crippen LogP contribution in [0.1, 0.15) is 77.3 Å². The van der Waals surface area contributed by atoms with Gasteiger partial charge in [0.2, 0.25) is 5.91 Å². The van der Waals surface area contributed by atoms with E-state index in [1.54, 1.807) is 6.20 Å². The number of ether oxygens (including phenoxy) is 5. The number of carbonyl (C=O) groups is 2. The van der Waals surface area contributed by atoms with Crippen molar-refractivity contribution in [2.45, 2.75) is 90.1 Å². The van der Waals surface area contributed by atoms with E-state index in [0.29, 0.717) is 49.3 Å². The van der Waals surface area contributed by atoms with E-state index in [2.05, 4.69) is 45.5 Å². The predicted octanol–water partition coefficient (Wildman–Crippen LogP) is 8.79. The van der Waals surface area contributed by atoms with Crippen molar-refractivity contribution in [2.24, 2.45) is 5.92 Å². The molecule has 4 aromatic carbocycles. The number of benzene rings is 4. The summed E-state index contributed by atoms with van der Waals surface area (Å²) in [6, 6.07) is 30.3. The van der Waals surface area contributed by atoms with E-state index in [4.69, 9.17) is 23.7 Å². The normalized spacial score (nSPS) is 18.3. The minimum Gasteiger partial charge on any atom is -0.493 e. The molecule has 10 nitrogen and oxygen atoms in total. The smallest absolute Gasteiger partial charge is 0.328 e. The van der Waals surface area contributed by atoms with Crippen molar-refractivity contribution in [1.29, 1.82) is 0 Å². The number of hydrogen-bond acceptors (Lipinski definition) is 9. The quantitative estimate of drug-likeness (QED) is 0.117. The number of hydrogen-bond donors (Lipinski definition) is 1. The second-order valence-corrected chi connectivity index (χ2v) is 16.0. The Balaban J connectivity index is 0.957. The number of rotatable bonds is 13. The highest BCUT2D eigenvalue weighted by atomic mass is 16.6. The third-order valence-electron chi connectivity index (χ3n) is 11.9. The number of nitrogens with one attached hydrogen (secondary N) is 1. The molecule has 8 rings (SSSR count). The topological polar surface area (TPSA) is 108 Å². The van der Waals surface area contributed by atoms with Crippen molar-refractivity contribution in [1.82, 2.24) is 15.2 Å². The van der Waals surface area contributed by atoms with Gasteiger partial charge in [0.25, 0.3) is 0 Å². The van der Waals surface area contributed by atoms with Gasteiger partial charge in [-0.1, -0.05) is 73.9 Å². The first kappa shape index (κ1) is 39.9. The van der Waals surface area contributed by atoms with Gasteiger partial charge in [-0.15, -0.1) is 0 Å². The minimum atomic E-state index is -0.890. The van der Waals surface area contributed by atoms with Crippen LogP contribution in [0.15, 0.2) is 103 Å². The highest BCUT2D eigenvalue weighted by Crippen LogP contribution is 2.41. The number of aryl methyl sites for hydroxylation is 1. The van der Waals surface area contributed by atoms with Crippen molar-refractivity contribution in [3.63, 3.8) is 0 Å². The molecule has 1 amide bonds. The summed E-state index contributed by atoms with van der Waals surface area (Å²) >= 11 is 0. The molecule has 2 aliphatic heterocycles. The lowest BCUT2D eigenvalue weighted by Crippen LogP contribution is -2.54. The average molecular weight is 796 g/mol. The summed E-state index contributed by atoms with van der Waals surface area (Å²) in [6.45, 7) is 6.12. The number of pyridine rings is 1. The molecule has 3 heterocycles. The fraction of sp³-hybridized carbons (Fsp3) is 0.367. The standard InChI is InChI=1S/C49H53N3O7/c1-32-33(2)50-23-22-44(32)58-41-18-14-34(15-19-41)24-42(49(54)55-3)51-48(53)43-25-38-26-45-46(27-39(38)29-52(43)28-35-10-6-4-7-11-35)59-47(31-57-45)37-16-20-40(21-17-37)56-30-36-12-8-5-9-13-36/h4,6-7,10-11,14-23,26-27,36,42-43,47H,5,8-9,12-13,24-25,28-31H2,1-3H3,(H,51,53)/t42?,43-,47+/m0/s1. The maximum Gasteiger partial charge on any atom is 0.328 e. The van der Waals surface area contributed by atoms with Gasteiger partial charge in [-0.05, 0) is 109 Å². The summed E-state index contributed by atoms with van der Waals surface area (Å²) in [4.78, 5) is 34.0. The van der Waals surface area contributed by atoms with E-state index in [0.717, 1.165) is 57.2 Å². The molecule has 3 aliphatic rings. The van der Waals surface area contributed by atoms with E-state index in [1.807, 2.05) is 80.6 Å². The average Bonchev–Trinajstić information content (AvgIpc) is 3.27. The molecule has 0 radical (unpaired) electrons. The molecule has 1 N–H and O–H groups in total. The first-order valence-corrected chi connectivity index (χ1v) is 20.8. The Morgan fingerprint density at radius 2 is 1.61 bits per heavy atom. The van der Waals surface area contributed by atoms with E-state index < -0.39 is 18.1 Å². The van der Waals surface area contributed by atoms with E-state index in [9.17, 15) is 9.59 Å². The number of carbonyl (C=O) groups excluding carboxylic acids is 2. The molecule has 1 fully saturated rings. The Hall–Kier alpha value is -5.87. The lowest BCUT2D eigenvalue weighted by molar-refractivity contribution is -0.145. The molecule has 1 aromatic heterocycles. The molecule has 3 atom stereocenters. The van der Waals surface area contributed by atoms with Crippen LogP contribution in [0.5, 0.6) is 28.7 Å². The Labute approximate surface area is 346 Å². The van der Waals surface area contributed by atoms with Gasteiger partial charge in [0.15, 0.2) is 17.6 Å². The number of methoxy groups -OCH3 is 1. The largest absolute Gasteiger partial charge is 0.493 e. The van der Waals surface area contributed by atoms with Gasteiger partial charge in [-0.2, -0.15) is 0 Å². The highest BCUT2D eigenvalue weighted by molar-refractivity contribution is 5.88. The van der Waals surface area contributed by atoms with Crippen LogP contribution in [0.3, 0.4) is 0 Å². The Morgan fingerprint density at radius 3 is 2.37 bits per heavy atom. The monoisotopic (exact) mass is 795 g/mol. The minimum absolute atomic E-state index is 0.244. The van der Waals surface area contributed by atoms with Gasteiger partial charge >= 0.3 is 5.97 Å². The zero-order chi connectivity index (χ0) is 40.7. The molecule has 0 saturated heterocycles. The van der Waals surface area contributed by atoms with E-state index >= 15 is 0 Å². The number of fused-ring (bicyclic) bond motifs is 2. The van der Waals surface area contributed by atoms with Crippen LogP contribution in [0.2, 0.25) is 0 Å². The van der Waals surface area contributed by atoms with E-state index in [1.165, 1.54) is 39.2 Å². The Kier molecular flexibility index (Phi) is 12.4. The molecule has 10 heteroatoms. The molecular weight excluding hydrogens is 743 g/mol. The number of aromatic nitrogens is 1. The van der Waals surface area contributed by atoms with Gasteiger partial charge in [-0.3, -0.25) is 14.7 Å². The molecule has 59 heavy (non-hydrogen) atoms. The molecule has 0 bridgehead atoms. The third kappa shape index (κ3) is 9.71. The lowest BCUT2D eigenvalue weighted by atomic mass is 9.90. The predicted molar refractivity (Wildman–Crippen MR) is 225 cm³/mol. The molecule has 306 valence electrons. The van der Waals surface area contributed by atoms with Crippen molar-refractivity contribution < 1.29 is 33.3 Å². The zero-order valence-electron chi connectivity index (χ0n) is 34.2. The van der Waals surface area contributed by atoms with Crippen molar-refractivity contribution in [3.8, 4) is 28.7 Å². The van der Waals surface area contributed by atoms with Crippen LogP contribution >= 0.6 is 0 Å². The summed E-state index contributed by atoms with van der Waals surface area (Å²) in [5.74, 6) is 3.52. The highest BCUT2D eigenvalue weighted by Gasteiger charge is 2.36. The first-order valence-electron chi connectivity index (χ1n) is 20.8. The van der Waals surface area contributed by atoms with Gasteiger partial charge in [0.05, 0.1) is 19.8 Å². The third-order valence-corrected chi connectivity index (χ3v) is 11.9. The molecule has 0 spiro atoms. The van der Waals surface area contributed by atoms with Crippen LogP contribution in [0.4, 0.5) is 0 Å². The molecule has 1 unspecified atom stereocenters. The van der Waals surface area contributed by atoms with Gasteiger partial charge in [0.1, 0.15) is 29.9 Å². The van der Waals surface area contributed by atoms with Crippen LogP contribution < -0.4 is 24.3 Å². The fourth-order valence-corrected chi connectivity index (χ4v) is 8.35. The fourth-order valence-electron chi connectivity index (χ4n) is 8.35. The van der Waals surface area contributed by atoms with E-state index in [-0.39, 0.29) is 18.4 Å². The summed E-state index contributed by atoms with van der Waals surface area (Å²) < 4.78 is 30.3. The van der Waals surface area contributed by atoms with Crippen molar-refractivity contribution in [2.75, 3.05) is 20.3 Å². The van der Waals surface area contributed by atoms with Crippen LogP contribution in [0, 0.1) is 19.8 Å². The maximum atomic E-state index is 14.3. The van der Waals surface area contributed by atoms with Crippen molar-refractivity contribution >= 4 is 11.9 Å². The van der Waals surface area contributed by atoms with Crippen LogP contribution in [-0.2, 0) is 40.3 Å². The summed E-state index contributed by atoms with van der Waals surface area (Å²) in [5, 5.41) is 3.06. The summed E-state index contributed by atoms with van der Waals surface area (Å²) in [5.41, 5.74) is 6.93. The Bertz CT molecular complexity index is 2220. The second-order valence-electron chi connectivity index (χ2n) is 16.0. The number of amides is 1. The van der Waals surface area contributed by atoms with Gasteiger partial charge in [0, 0.05) is 37.0 Å². The summed E-state index contributed by atoms with van der Waals surface area (Å²) in [6.07, 6.45) is 8.60. The first-order chi connectivity index (χ1) is 28.8. The molecular formula is C49H53N3O7. The SMILES string of the molecule is COC(=O)C(Cc1ccc(Oc2ccnc(C)c2C)cc1)NC(=O)[C@@H]1Cc2cc3c(cc2CN1Cc1ccccc1)O[C@@H](c1ccc(OCC2CCCCC2)cc1)CO3. The van der Waals surface area contributed by atoms with Crippen LogP contribution in [0.25, 0.3) is 0 Å². The molecule has 1 saturated carbocycles. The van der Waals surface area contributed by atoms with Crippen LogP contribution in [-0.4, -0.2) is 54.2 Å². The zero-order valence-corrected chi connectivity index (χ0v) is 34.2. The maximum absolute atomic E-state index is 14.3. The van der Waals surface area contributed by atoms with Crippen molar-refractivity contribution in [3.05, 3.63) is 142 Å². The molecule has 5 aromatic rings. The second kappa shape index (κ2) is 18.4. The number of esters is 1. The lowest BCUT2D eigenvalue weighted by Gasteiger charge is -2.37. The Morgan fingerprint density at radius 1 is 0.864 bits per heavy atom.